The molecule has 0 radical (unpaired) electrons. The lowest BCUT2D eigenvalue weighted by Crippen LogP contribution is -2.65. The van der Waals surface area contributed by atoms with Crippen LogP contribution < -0.4 is 60.6 Å². The lowest BCUT2D eigenvalue weighted by Gasteiger charge is -2.47. The number of amides is 8. The van der Waals surface area contributed by atoms with Gasteiger partial charge in [-0.2, -0.15) is 0 Å². The molecular formula is C55H84N17O21S3+. The Morgan fingerprint density at radius 1 is 0.781 bits per heavy atom. The molecule has 6 rings (SSSR count). The minimum atomic E-state index is -2.20. The van der Waals surface area contributed by atoms with Gasteiger partial charge in [-0.3, -0.25) is 33.6 Å². The van der Waals surface area contributed by atoms with Crippen molar-refractivity contribution in [2.75, 3.05) is 56.8 Å². The van der Waals surface area contributed by atoms with Crippen molar-refractivity contribution in [3.8, 4) is 10.7 Å². The number of rotatable bonds is 35. The van der Waals surface area contributed by atoms with Gasteiger partial charge in [0.15, 0.2) is 18.7 Å². The monoisotopic (exact) mass is 1410 g/mol. The highest BCUT2D eigenvalue weighted by Crippen LogP contribution is 2.35. The van der Waals surface area contributed by atoms with Gasteiger partial charge in [0.25, 0.3) is 11.8 Å². The molecule has 0 saturated carbocycles. The van der Waals surface area contributed by atoms with Crippen molar-refractivity contribution in [3.05, 3.63) is 56.8 Å². The average Bonchev–Trinajstić information content (AvgIpc) is 0.885. The first-order chi connectivity index (χ1) is 45.3. The first kappa shape index (κ1) is 77.7. The molecule has 0 bridgehead atoms. The second kappa shape index (κ2) is 35.8. The summed E-state index contributed by atoms with van der Waals surface area (Å²) in [6.07, 6.45) is -20.0. The zero-order valence-corrected chi connectivity index (χ0v) is 55.3. The van der Waals surface area contributed by atoms with Crippen LogP contribution in [-0.2, 0) is 65.0 Å². The second-order valence-corrected chi connectivity index (χ2v) is 27.0. The molecule has 0 aliphatic carbocycles. The van der Waals surface area contributed by atoms with Crippen LogP contribution in [0.5, 0.6) is 0 Å². The van der Waals surface area contributed by atoms with Gasteiger partial charge in [-0.05, 0) is 31.7 Å². The summed E-state index contributed by atoms with van der Waals surface area (Å²) in [5.74, 6) is -7.69. The quantitative estimate of drug-likeness (QED) is 0.0150. The molecule has 2 aliphatic rings. The zero-order valence-electron chi connectivity index (χ0n) is 52.9. The fourth-order valence-electron chi connectivity index (χ4n) is 9.80. The summed E-state index contributed by atoms with van der Waals surface area (Å²) in [7, 11) is 0.254. The number of nitrogens with one attached hydrogen (secondary N) is 7. The Labute approximate surface area is 559 Å². The number of imidazole rings is 1. The molecule has 8 amide bonds. The van der Waals surface area contributed by atoms with Crippen molar-refractivity contribution < 1.29 is 103 Å². The Hall–Kier alpha value is -7.30. The van der Waals surface area contributed by atoms with Crippen molar-refractivity contribution in [1.29, 1.82) is 0 Å². The number of nitrogen functional groups attached to an aromatic ring is 1. The van der Waals surface area contributed by atoms with E-state index in [2.05, 4.69) is 74.3 Å². The van der Waals surface area contributed by atoms with Gasteiger partial charge in [-0.1, -0.05) is 6.92 Å². The van der Waals surface area contributed by atoms with E-state index in [9.17, 15) is 74.4 Å². The number of aromatic amines is 1. The molecule has 9 unspecified atom stereocenters. The summed E-state index contributed by atoms with van der Waals surface area (Å²) < 4.78 is 28.7. The summed E-state index contributed by atoms with van der Waals surface area (Å²) in [5, 5.41) is 108. The van der Waals surface area contributed by atoms with Gasteiger partial charge in [0, 0.05) is 55.2 Å². The molecule has 0 aromatic carbocycles. The highest BCUT2D eigenvalue weighted by atomic mass is 32.2. The molecule has 38 nitrogen and oxygen atoms in total. The van der Waals surface area contributed by atoms with Crippen LogP contribution in [0.2, 0.25) is 0 Å². The fraction of sp³-hybridized carbons (Fsp3) is 0.618. The number of aromatic nitrogens is 6. The first-order valence-corrected chi connectivity index (χ1v) is 33.8. The zero-order chi connectivity index (χ0) is 71.0. The van der Waals surface area contributed by atoms with Gasteiger partial charge in [0.1, 0.15) is 100 Å². The maximum Gasteiger partial charge on any atom is 0.404 e. The van der Waals surface area contributed by atoms with E-state index in [0.717, 1.165) is 24.7 Å². The topological polar surface area (TPSA) is 627 Å². The normalized spacial score (nSPS) is 24.0. The van der Waals surface area contributed by atoms with Gasteiger partial charge in [-0.25, -0.2) is 29.7 Å². The van der Waals surface area contributed by atoms with E-state index in [0.29, 0.717) is 22.3 Å². The summed E-state index contributed by atoms with van der Waals surface area (Å²) in [6.45, 7) is 3.18. The minimum absolute atomic E-state index is 0.00498. The van der Waals surface area contributed by atoms with E-state index in [4.69, 9.17) is 52.4 Å². The molecule has 2 aliphatic heterocycles. The number of anilines is 1. The van der Waals surface area contributed by atoms with Crippen LogP contribution in [-0.4, -0.2) is 267 Å². The standard InChI is InChI=1S/C55H83N17O21S3/c1-20-33(69-46(72-44(20)58)25(12-31(57)76)64-13-24(56)45(59)82)50(86)71-35(41(26-14-61-19-65-26)91-54-43(39(80)37(78)29(15-73)90-54)92-53-40(81)42(93-55(60)88)38(79)30(16-74)89-53)51(87)66-22(3)36(77)21(2)47(83)70-34(23(4)75)49(85)63-10-8-32-67-28(18-94-32)52-68-27(17-95-52)48(84)62-9-7-11-96(5)6/h14,17-19,21-25,29-30,34-43,53-54,64,73-75,77-81H,7-13,15-16,56H2,1-6H3,(H13-,57,58,59,60,61,62,63,65,66,69,70,71,72,76,82,83,84,85,86,87,88)/p+1/t21-,22+,23+,24-,25?,29?,30?,34?,35-,36-,37+,38+,39?,40?,41?,42?,43?,53+,54-/m0/s1. The molecular weight excluding hydrogens is 1330 g/mol. The van der Waals surface area contributed by atoms with Gasteiger partial charge in [0.05, 0.1) is 85.2 Å². The summed E-state index contributed by atoms with van der Waals surface area (Å²) in [5.41, 5.74) is 28.1. The summed E-state index contributed by atoms with van der Waals surface area (Å²) >= 11 is 2.52. The number of hydrogen-bond acceptors (Lipinski definition) is 31. The number of primary amides is 3. The van der Waals surface area contributed by atoms with Crippen molar-refractivity contribution in [2.24, 2.45) is 28.9 Å². The Morgan fingerprint density at radius 2 is 1.47 bits per heavy atom. The molecule has 4 aromatic rings. The number of aliphatic hydroxyl groups is 8. The molecule has 41 heteroatoms. The highest BCUT2D eigenvalue weighted by molar-refractivity contribution is 7.95. The summed E-state index contributed by atoms with van der Waals surface area (Å²) in [6, 6.07) is -7.85. The predicted octanol–water partition coefficient (Wildman–Crippen LogP) is -7.70. The van der Waals surface area contributed by atoms with Gasteiger partial charge < -0.3 is 130 Å². The number of carbonyl (C=O) groups is 8. The lowest BCUT2D eigenvalue weighted by molar-refractivity contribution is -0.372. The van der Waals surface area contributed by atoms with Crippen LogP contribution in [0.25, 0.3) is 10.7 Å². The molecule has 0 spiro atoms. The first-order valence-electron chi connectivity index (χ1n) is 29.8. The maximum absolute atomic E-state index is 15.2. The van der Waals surface area contributed by atoms with Gasteiger partial charge in [0.2, 0.25) is 29.5 Å². The van der Waals surface area contributed by atoms with E-state index in [1.165, 1.54) is 50.4 Å². The Balaban J connectivity index is 1.26. The second-order valence-electron chi connectivity index (χ2n) is 22.8. The van der Waals surface area contributed by atoms with E-state index in [1.54, 1.807) is 10.8 Å². The van der Waals surface area contributed by atoms with Crippen LogP contribution in [0, 0.1) is 12.8 Å². The number of H-pyrrole nitrogens is 1. The van der Waals surface area contributed by atoms with E-state index in [-0.39, 0.29) is 64.9 Å². The van der Waals surface area contributed by atoms with Crippen LogP contribution in [0.4, 0.5) is 10.6 Å². The number of hydrogen-bond donors (Lipinski definition) is 20. The van der Waals surface area contributed by atoms with E-state index < -0.39 is 183 Å². The molecule has 4 aromatic heterocycles. The molecule has 19 atom stereocenters. The van der Waals surface area contributed by atoms with Crippen molar-refractivity contribution in [3.63, 3.8) is 0 Å². The molecule has 2 fully saturated rings. The lowest BCUT2D eigenvalue weighted by atomic mass is 9.96. The maximum atomic E-state index is 15.2. The third kappa shape index (κ3) is 20.6. The third-order valence-electron chi connectivity index (χ3n) is 15.3. The number of ether oxygens (including phenoxy) is 5. The SMILES string of the molecule is Cc1c(N)nc(C(CC(N)=O)NC[C@H](N)C(N)=O)nc1C(=O)N[C@H](C(=O)N[C@H](C)[C@@H](O)[C@H](C)C(=O)NC(C(=O)NCCc1nc(-c2nc(C(=O)NCCC[S+](C)C)cs2)cs1)[C@@H](C)O)C(O[C@@H]1OC(CO)[C@@H](O)C(O)C1O[C@H]1OC(CO)[C@@H](O)C(OC(N)=O)C1O)c1cnc[nH]1. The van der Waals surface area contributed by atoms with Crippen LogP contribution in [0.1, 0.15) is 88.8 Å². The van der Waals surface area contributed by atoms with E-state index in [1.807, 2.05) is 0 Å². The minimum Gasteiger partial charge on any atom is -0.441 e. The third-order valence-corrected chi connectivity index (χ3v) is 18.2. The number of aliphatic hydroxyl groups excluding tert-OH is 8. The molecule has 25 N–H and O–H groups in total. The van der Waals surface area contributed by atoms with E-state index >= 15 is 4.79 Å². The van der Waals surface area contributed by atoms with Crippen molar-refractivity contribution >= 4 is 86.8 Å². The molecule has 96 heavy (non-hydrogen) atoms. The summed E-state index contributed by atoms with van der Waals surface area (Å²) in [4.78, 5) is 131. The van der Waals surface area contributed by atoms with Crippen molar-refractivity contribution in [2.45, 2.75) is 157 Å². The average molecular weight is 1420 g/mol. The van der Waals surface area contributed by atoms with Crippen molar-refractivity contribution in [1.82, 2.24) is 61.8 Å². The molecule has 6 heterocycles. The number of nitrogens with two attached hydrogens (primary N) is 5. The smallest absolute Gasteiger partial charge is 0.404 e. The highest BCUT2D eigenvalue weighted by Gasteiger charge is 2.54. The van der Waals surface area contributed by atoms with Crippen LogP contribution in [0.3, 0.4) is 0 Å². The predicted molar refractivity (Wildman–Crippen MR) is 339 cm³/mol. The number of thiazole rings is 2. The van der Waals surface area contributed by atoms with Crippen LogP contribution in [0.15, 0.2) is 23.3 Å². The Kier molecular flexibility index (Phi) is 29.0. The number of carbonyl (C=O) groups excluding carboxylic acids is 8. The Morgan fingerprint density at radius 3 is 2.09 bits per heavy atom. The fourth-order valence-corrected chi connectivity index (χ4v) is 12.1. The Bertz CT molecular complexity index is 3280. The number of nitrogens with zero attached hydrogens (tertiary/aromatic N) is 5. The molecule has 2 saturated heterocycles. The van der Waals surface area contributed by atoms with Crippen LogP contribution >= 0.6 is 22.7 Å². The largest absolute Gasteiger partial charge is 0.441 e. The van der Waals surface area contributed by atoms with Gasteiger partial charge >= 0.3 is 6.09 Å². The van der Waals surface area contributed by atoms with Gasteiger partial charge in [-0.15, -0.1) is 22.7 Å². The molecule has 532 valence electrons.